The molecule has 3 aliphatic rings. The number of amides is 1. The minimum absolute atomic E-state index is 0.142. The highest BCUT2D eigenvalue weighted by Crippen LogP contribution is 2.47. The predicted octanol–water partition coefficient (Wildman–Crippen LogP) is 3.97. The van der Waals surface area contributed by atoms with E-state index in [9.17, 15) is 9.18 Å². The van der Waals surface area contributed by atoms with E-state index in [4.69, 9.17) is 4.74 Å². The van der Waals surface area contributed by atoms with Crippen LogP contribution in [0.25, 0.3) is 11.1 Å². The Morgan fingerprint density at radius 2 is 1.94 bits per heavy atom. The summed E-state index contributed by atoms with van der Waals surface area (Å²) < 4.78 is 21.3. The molecule has 190 valence electrons. The van der Waals surface area contributed by atoms with Gasteiger partial charge in [-0.1, -0.05) is 0 Å². The minimum Gasteiger partial charge on any atom is -0.450 e. The smallest absolute Gasteiger partial charge is 0.409 e. The van der Waals surface area contributed by atoms with E-state index in [1.165, 1.54) is 19.0 Å². The molecule has 4 heterocycles. The third-order valence-corrected chi connectivity index (χ3v) is 7.80. The van der Waals surface area contributed by atoms with Crippen LogP contribution in [0.4, 0.5) is 15.0 Å². The van der Waals surface area contributed by atoms with Gasteiger partial charge in [-0.05, 0) is 53.0 Å². The zero-order valence-corrected chi connectivity index (χ0v) is 21.3. The number of carbonyl (C=O) groups excluding carboxylic acids is 1. The van der Waals surface area contributed by atoms with Crippen LogP contribution in [0.15, 0.2) is 24.7 Å². The van der Waals surface area contributed by atoms with Crippen LogP contribution in [0.3, 0.4) is 0 Å². The Kier molecular flexibility index (Phi) is 6.23. The summed E-state index contributed by atoms with van der Waals surface area (Å²) in [6, 6.07) is 2.14. The number of pyridine rings is 1. The van der Waals surface area contributed by atoms with Gasteiger partial charge in [0, 0.05) is 68.0 Å². The van der Waals surface area contributed by atoms with Crippen LogP contribution in [0.2, 0.25) is 0 Å². The lowest BCUT2D eigenvalue weighted by Crippen LogP contribution is -2.58. The molecule has 1 spiro atoms. The first-order valence-corrected chi connectivity index (χ1v) is 12.8. The van der Waals surface area contributed by atoms with Gasteiger partial charge in [0.05, 0.1) is 24.5 Å². The van der Waals surface area contributed by atoms with Crippen LogP contribution in [0.5, 0.6) is 0 Å². The molecule has 1 saturated carbocycles. The van der Waals surface area contributed by atoms with Crippen LogP contribution >= 0.6 is 0 Å². The molecule has 1 aliphatic carbocycles. The van der Waals surface area contributed by atoms with Crippen molar-refractivity contribution >= 4 is 11.9 Å². The van der Waals surface area contributed by atoms with E-state index in [0.717, 1.165) is 62.6 Å². The van der Waals surface area contributed by atoms with Gasteiger partial charge in [0.15, 0.2) is 0 Å². The highest BCUT2D eigenvalue weighted by atomic mass is 19.1. The standard InChI is InChI=1S/C26H37FN6O2/c1-5-35-24(34)32-17-26(18-32)7-6-21(13-26)30-8-10-31(11-9-30)23-22(12-20(27)15-28-23)19-14-29-33(16-19)25(2,3)4/h12,14-16,21H,5-11,13,17-18H2,1-4H3/t21-/m1/s1. The number of piperazine rings is 1. The summed E-state index contributed by atoms with van der Waals surface area (Å²) >= 11 is 0. The number of nitrogens with zero attached hydrogens (tertiary/aromatic N) is 6. The van der Waals surface area contributed by atoms with Gasteiger partial charge in [-0.3, -0.25) is 9.58 Å². The number of halogens is 1. The predicted molar refractivity (Wildman–Crippen MR) is 133 cm³/mol. The summed E-state index contributed by atoms with van der Waals surface area (Å²) in [4.78, 5) is 23.2. The molecule has 2 aliphatic heterocycles. The second kappa shape index (κ2) is 9.08. The van der Waals surface area contributed by atoms with Crippen molar-refractivity contribution in [3.05, 3.63) is 30.5 Å². The molecule has 0 aromatic carbocycles. The van der Waals surface area contributed by atoms with E-state index >= 15 is 0 Å². The third-order valence-electron chi connectivity index (χ3n) is 7.80. The fourth-order valence-corrected chi connectivity index (χ4v) is 5.91. The number of anilines is 1. The first kappa shape index (κ1) is 24.0. The Bertz CT molecular complexity index is 1070. The molecule has 0 N–H and O–H groups in total. The molecule has 9 heteroatoms. The molecule has 1 amide bonds. The highest BCUT2D eigenvalue weighted by molar-refractivity contribution is 5.75. The maximum atomic E-state index is 14.2. The number of hydrogen-bond acceptors (Lipinski definition) is 6. The average Bonchev–Trinajstić information content (AvgIpc) is 3.47. The van der Waals surface area contributed by atoms with Gasteiger partial charge in [0.1, 0.15) is 11.6 Å². The van der Waals surface area contributed by atoms with Gasteiger partial charge in [-0.2, -0.15) is 5.10 Å². The first-order valence-electron chi connectivity index (χ1n) is 12.8. The Hall–Kier alpha value is -2.68. The molecule has 2 aromatic heterocycles. The van der Waals surface area contributed by atoms with Crippen LogP contribution in [-0.4, -0.2) is 82.6 Å². The molecule has 8 nitrogen and oxygen atoms in total. The number of ether oxygens (including phenoxy) is 1. The van der Waals surface area contributed by atoms with Crippen molar-refractivity contribution in [2.24, 2.45) is 5.41 Å². The molecule has 0 bridgehead atoms. The summed E-state index contributed by atoms with van der Waals surface area (Å²) in [6.07, 6.45) is 8.42. The quantitative estimate of drug-likeness (QED) is 0.654. The molecule has 0 unspecified atom stereocenters. The molecule has 1 atom stereocenters. The minimum atomic E-state index is -0.334. The lowest BCUT2D eigenvalue weighted by molar-refractivity contribution is -0.00294. The molecular formula is C26H37FN6O2. The second-order valence-electron chi connectivity index (χ2n) is 11.3. The molecule has 2 aromatic rings. The largest absolute Gasteiger partial charge is 0.450 e. The van der Waals surface area contributed by atoms with E-state index in [1.54, 1.807) is 12.3 Å². The lowest BCUT2D eigenvalue weighted by Gasteiger charge is -2.48. The summed E-state index contributed by atoms with van der Waals surface area (Å²) in [5.74, 6) is 0.492. The molecule has 2 saturated heterocycles. The molecule has 5 rings (SSSR count). The lowest BCUT2D eigenvalue weighted by atomic mass is 9.78. The van der Waals surface area contributed by atoms with E-state index < -0.39 is 0 Å². The van der Waals surface area contributed by atoms with Crippen molar-refractivity contribution in [2.45, 2.75) is 58.5 Å². The van der Waals surface area contributed by atoms with Crippen molar-refractivity contribution < 1.29 is 13.9 Å². The molecule has 3 fully saturated rings. The fraction of sp³-hybridized carbons (Fsp3) is 0.654. The van der Waals surface area contributed by atoms with E-state index in [0.29, 0.717) is 12.6 Å². The fourth-order valence-electron chi connectivity index (χ4n) is 5.91. The van der Waals surface area contributed by atoms with Gasteiger partial charge in [0.25, 0.3) is 0 Å². The van der Waals surface area contributed by atoms with Gasteiger partial charge >= 0.3 is 6.09 Å². The summed E-state index contributed by atoms with van der Waals surface area (Å²) in [5.41, 5.74) is 1.81. The summed E-state index contributed by atoms with van der Waals surface area (Å²) in [6.45, 7) is 13.9. The maximum absolute atomic E-state index is 14.2. The average molecular weight is 485 g/mol. The highest BCUT2D eigenvalue weighted by Gasteiger charge is 2.51. The zero-order valence-electron chi connectivity index (χ0n) is 21.3. The van der Waals surface area contributed by atoms with Gasteiger partial charge in [-0.25, -0.2) is 14.2 Å². The van der Waals surface area contributed by atoms with Crippen molar-refractivity contribution in [1.82, 2.24) is 24.6 Å². The van der Waals surface area contributed by atoms with E-state index in [-0.39, 0.29) is 22.9 Å². The normalized spacial score (nSPS) is 22.5. The Labute approximate surface area is 207 Å². The van der Waals surface area contributed by atoms with Crippen molar-refractivity contribution in [1.29, 1.82) is 0 Å². The van der Waals surface area contributed by atoms with E-state index in [2.05, 4.69) is 40.7 Å². The van der Waals surface area contributed by atoms with Gasteiger partial charge in [-0.15, -0.1) is 0 Å². The number of rotatable bonds is 4. The zero-order chi connectivity index (χ0) is 24.8. The molecule has 35 heavy (non-hydrogen) atoms. The van der Waals surface area contributed by atoms with Crippen LogP contribution in [-0.2, 0) is 10.3 Å². The van der Waals surface area contributed by atoms with Crippen molar-refractivity contribution in [3.63, 3.8) is 0 Å². The Morgan fingerprint density at radius 1 is 1.20 bits per heavy atom. The first-order chi connectivity index (χ1) is 16.7. The Balaban J connectivity index is 1.22. The third kappa shape index (κ3) is 4.75. The number of carbonyl (C=O) groups is 1. The molecular weight excluding hydrogens is 447 g/mol. The van der Waals surface area contributed by atoms with Gasteiger partial charge in [0.2, 0.25) is 0 Å². The maximum Gasteiger partial charge on any atom is 0.409 e. The summed E-state index contributed by atoms with van der Waals surface area (Å²) in [7, 11) is 0. The SMILES string of the molecule is CCOC(=O)N1CC2(CC[C@@H](N3CCN(c4ncc(F)cc4-c4cnn(C(C)(C)C)c4)CC3)C2)C1. The van der Waals surface area contributed by atoms with Crippen LogP contribution < -0.4 is 4.90 Å². The van der Waals surface area contributed by atoms with E-state index in [1.807, 2.05) is 22.7 Å². The molecule has 0 radical (unpaired) electrons. The number of likely N-dealkylation sites (tertiary alicyclic amines) is 1. The number of aromatic nitrogens is 3. The van der Waals surface area contributed by atoms with Crippen LogP contribution in [0, 0.1) is 11.2 Å². The van der Waals surface area contributed by atoms with Crippen molar-refractivity contribution in [2.75, 3.05) is 50.8 Å². The topological polar surface area (TPSA) is 66.7 Å². The monoisotopic (exact) mass is 484 g/mol. The number of hydrogen-bond donors (Lipinski definition) is 0. The van der Waals surface area contributed by atoms with Gasteiger partial charge < -0.3 is 14.5 Å². The van der Waals surface area contributed by atoms with Crippen LogP contribution in [0.1, 0.15) is 47.0 Å². The summed E-state index contributed by atoms with van der Waals surface area (Å²) in [5, 5.41) is 4.51. The Morgan fingerprint density at radius 3 is 2.60 bits per heavy atom. The second-order valence-corrected chi connectivity index (χ2v) is 11.3. The van der Waals surface area contributed by atoms with Crippen molar-refractivity contribution in [3.8, 4) is 11.1 Å².